The second kappa shape index (κ2) is 9.05. The highest BCUT2D eigenvalue weighted by Gasteiger charge is 2.59. The molecule has 3 aliphatic rings. The lowest BCUT2D eigenvalue weighted by Crippen LogP contribution is -2.64. The minimum Gasteiger partial charge on any atom is -0.460 e. The van der Waals surface area contributed by atoms with Crippen LogP contribution in [-0.2, 0) is 14.3 Å². The van der Waals surface area contributed by atoms with Gasteiger partial charge in [0.25, 0.3) is 5.91 Å². The number of halogens is 1. The number of nitrogens with one attached hydrogen (secondary N) is 1. The first-order chi connectivity index (χ1) is 17.4. The van der Waals surface area contributed by atoms with Gasteiger partial charge in [0, 0.05) is 21.8 Å². The lowest BCUT2D eigenvalue weighted by molar-refractivity contribution is -0.177. The summed E-state index contributed by atoms with van der Waals surface area (Å²) in [5.74, 6) is -0.689. The van der Waals surface area contributed by atoms with Crippen molar-refractivity contribution in [2.75, 3.05) is 0 Å². The number of ketones is 1. The molecule has 3 aliphatic carbocycles. The summed E-state index contributed by atoms with van der Waals surface area (Å²) < 4.78 is 6.51. The number of esters is 1. The van der Waals surface area contributed by atoms with Gasteiger partial charge in [0.2, 0.25) is 0 Å². The summed E-state index contributed by atoms with van der Waals surface area (Å²) in [6, 6.07) is 15.5. The van der Waals surface area contributed by atoms with Crippen molar-refractivity contribution in [3.63, 3.8) is 0 Å². The third kappa shape index (κ3) is 4.58. The lowest BCUT2D eigenvalue weighted by atomic mass is 9.56. The van der Waals surface area contributed by atoms with Crippen LogP contribution < -0.4 is 5.32 Å². The molecule has 0 aliphatic heterocycles. The molecule has 0 atom stereocenters. The van der Waals surface area contributed by atoms with Crippen molar-refractivity contribution in [1.29, 1.82) is 0 Å². The number of hydrogen-bond donors (Lipinski definition) is 1. The number of benzene rings is 2. The first-order valence-corrected chi connectivity index (χ1v) is 13.5. The maximum absolute atomic E-state index is 14.0. The molecular weight excluding hydrogens is 532 g/mol. The van der Waals surface area contributed by atoms with Crippen molar-refractivity contribution < 1.29 is 19.1 Å². The number of nitrogens with zero attached hydrogens (tertiary/aromatic N) is 1. The topological polar surface area (TPSA) is 85.4 Å². The molecule has 37 heavy (non-hydrogen) atoms. The first-order valence-electron chi connectivity index (χ1n) is 12.7. The monoisotopic (exact) mass is 562 g/mol. The van der Waals surface area contributed by atoms with Gasteiger partial charge in [-0.05, 0) is 77.1 Å². The van der Waals surface area contributed by atoms with Crippen LogP contribution in [-0.4, -0.2) is 33.8 Å². The fourth-order valence-corrected chi connectivity index (χ4v) is 6.09. The van der Waals surface area contributed by atoms with E-state index in [4.69, 9.17) is 9.72 Å². The van der Waals surface area contributed by atoms with Gasteiger partial charge in [0.15, 0.2) is 5.78 Å². The molecule has 3 saturated carbocycles. The van der Waals surface area contributed by atoms with Crippen LogP contribution in [0.2, 0.25) is 0 Å². The number of carbonyl (C=O) groups is 3. The standard InChI is InChI=1S/C30H31BrN2O4/c1-18-24(21-16-20(31)10-11-22(21)32-25(18)19-8-6-5-7-9-19)26(35)33-30-14-12-29(13-15-30,17-23(30)34)27(36)37-28(2,3)4/h5-11,16H,12-15,17H2,1-4H3,(H,33,35). The molecule has 192 valence electrons. The molecular formula is C30H31BrN2O4. The zero-order chi connectivity index (χ0) is 26.6. The highest BCUT2D eigenvalue weighted by atomic mass is 79.9. The molecule has 0 radical (unpaired) electrons. The summed E-state index contributed by atoms with van der Waals surface area (Å²) in [4.78, 5) is 45.3. The zero-order valence-electron chi connectivity index (χ0n) is 21.6. The Morgan fingerprint density at radius 3 is 2.32 bits per heavy atom. The van der Waals surface area contributed by atoms with Crippen LogP contribution in [0.25, 0.3) is 22.2 Å². The van der Waals surface area contributed by atoms with Crippen LogP contribution in [0.1, 0.15) is 68.8 Å². The van der Waals surface area contributed by atoms with Crippen molar-refractivity contribution >= 4 is 44.5 Å². The van der Waals surface area contributed by atoms with Crippen molar-refractivity contribution in [1.82, 2.24) is 10.3 Å². The Hall–Kier alpha value is -3.06. The van der Waals surface area contributed by atoms with Gasteiger partial charge in [-0.15, -0.1) is 0 Å². The van der Waals surface area contributed by atoms with Gasteiger partial charge in [-0.3, -0.25) is 14.4 Å². The molecule has 2 bridgehead atoms. The Kier molecular flexibility index (Phi) is 6.26. The van der Waals surface area contributed by atoms with Crippen LogP contribution in [0.4, 0.5) is 0 Å². The molecule has 2 aromatic carbocycles. The molecule has 7 heteroatoms. The number of Topliss-reactive ketones (excluding diaryl/α,β-unsaturated/α-hetero) is 1. The van der Waals surface area contributed by atoms with Crippen LogP contribution in [0.5, 0.6) is 0 Å². The van der Waals surface area contributed by atoms with Crippen molar-refractivity contribution in [3.8, 4) is 11.3 Å². The molecule has 0 unspecified atom stereocenters. The molecule has 6 rings (SSSR count). The summed E-state index contributed by atoms with van der Waals surface area (Å²) in [5, 5.41) is 3.86. The lowest BCUT2D eigenvalue weighted by Gasteiger charge is -2.51. The van der Waals surface area contributed by atoms with Gasteiger partial charge in [0.05, 0.1) is 27.7 Å². The van der Waals surface area contributed by atoms with Gasteiger partial charge in [0.1, 0.15) is 5.60 Å². The smallest absolute Gasteiger partial charge is 0.313 e. The van der Waals surface area contributed by atoms with E-state index in [2.05, 4.69) is 21.2 Å². The third-order valence-corrected chi connectivity index (χ3v) is 8.24. The number of amides is 1. The summed E-state index contributed by atoms with van der Waals surface area (Å²) in [5.41, 5.74) is 1.27. The minimum atomic E-state index is -0.970. The van der Waals surface area contributed by atoms with Gasteiger partial charge in [-0.2, -0.15) is 0 Å². The summed E-state index contributed by atoms with van der Waals surface area (Å²) in [6.07, 6.45) is 1.98. The average Bonchev–Trinajstić information content (AvgIpc) is 2.84. The van der Waals surface area contributed by atoms with E-state index in [1.54, 1.807) is 0 Å². The van der Waals surface area contributed by atoms with Crippen LogP contribution in [0.3, 0.4) is 0 Å². The fourth-order valence-electron chi connectivity index (χ4n) is 5.73. The number of ether oxygens (including phenoxy) is 1. The van der Waals surface area contributed by atoms with E-state index in [0.717, 1.165) is 26.7 Å². The maximum Gasteiger partial charge on any atom is 0.313 e. The van der Waals surface area contributed by atoms with E-state index >= 15 is 0 Å². The number of hydrogen-bond acceptors (Lipinski definition) is 5. The molecule has 0 spiro atoms. The van der Waals surface area contributed by atoms with E-state index in [9.17, 15) is 14.4 Å². The first kappa shape index (κ1) is 25.6. The SMILES string of the molecule is Cc1c(-c2ccccc2)nc2ccc(Br)cc2c1C(=O)NC12CCC(C(=O)OC(C)(C)C)(CC1)CC2=O. The number of rotatable bonds is 4. The number of carbonyl (C=O) groups excluding carboxylic acids is 3. The van der Waals surface area contributed by atoms with Gasteiger partial charge in [-0.25, -0.2) is 4.98 Å². The minimum absolute atomic E-state index is 0.0929. The molecule has 1 amide bonds. The Labute approximate surface area is 225 Å². The van der Waals surface area contributed by atoms with Crippen molar-refractivity contribution in [2.24, 2.45) is 5.41 Å². The van der Waals surface area contributed by atoms with E-state index in [1.807, 2.05) is 76.2 Å². The van der Waals surface area contributed by atoms with Gasteiger partial charge >= 0.3 is 5.97 Å². The molecule has 1 aromatic heterocycles. The quantitative estimate of drug-likeness (QED) is 0.376. The Bertz CT molecular complexity index is 1420. The largest absolute Gasteiger partial charge is 0.460 e. The second-order valence-electron chi connectivity index (χ2n) is 11.4. The highest BCUT2D eigenvalue weighted by molar-refractivity contribution is 9.10. The number of fused-ring (bicyclic) bond motifs is 4. The molecule has 1 N–H and O–H groups in total. The summed E-state index contributed by atoms with van der Waals surface area (Å²) >= 11 is 3.53. The molecule has 0 saturated heterocycles. The summed E-state index contributed by atoms with van der Waals surface area (Å²) in [7, 11) is 0. The number of aromatic nitrogens is 1. The third-order valence-electron chi connectivity index (χ3n) is 7.74. The van der Waals surface area contributed by atoms with Crippen molar-refractivity contribution in [2.45, 2.75) is 70.9 Å². The predicted molar refractivity (Wildman–Crippen MR) is 146 cm³/mol. The van der Waals surface area contributed by atoms with Crippen LogP contribution in [0, 0.1) is 12.3 Å². The van der Waals surface area contributed by atoms with Crippen LogP contribution in [0.15, 0.2) is 53.0 Å². The van der Waals surface area contributed by atoms with Crippen molar-refractivity contribution in [3.05, 3.63) is 64.1 Å². The highest BCUT2D eigenvalue weighted by Crippen LogP contribution is 2.52. The zero-order valence-corrected chi connectivity index (χ0v) is 23.2. The fraction of sp³-hybridized carbons (Fsp3) is 0.400. The van der Waals surface area contributed by atoms with E-state index in [0.29, 0.717) is 36.8 Å². The average molecular weight is 563 g/mol. The van der Waals surface area contributed by atoms with Gasteiger partial charge < -0.3 is 10.1 Å². The summed E-state index contributed by atoms with van der Waals surface area (Å²) in [6.45, 7) is 7.41. The predicted octanol–water partition coefficient (Wildman–Crippen LogP) is 6.32. The molecule has 1 heterocycles. The Morgan fingerprint density at radius 1 is 1.03 bits per heavy atom. The van der Waals surface area contributed by atoms with E-state index in [1.165, 1.54) is 0 Å². The molecule has 6 nitrogen and oxygen atoms in total. The number of pyridine rings is 1. The maximum atomic E-state index is 14.0. The Balaban J connectivity index is 1.50. The second-order valence-corrected chi connectivity index (χ2v) is 12.3. The Morgan fingerprint density at radius 2 is 1.70 bits per heavy atom. The van der Waals surface area contributed by atoms with E-state index in [-0.39, 0.29) is 24.1 Å². The normalized spacial score (nSPS) is 23.2. The molecule has 3 aromatic rings. The van der Waals surface area contributed by atoms with Gasteiger partial charge in [-0.1, -0.05) is 46.3 Å². The molecule has 3 fully saturated rings. The van der Waals surface area contributed by atoms with Crippen LogP contribution >= 0.6 is 15.9 Å². The van der Waals surface area contributed by atoms with E-state index < -0.39 is 16.6 Å².